The Kier molecular flexibility index (Phi) is 7.79. The summed E-state index contributed by atoms with van der Waals surface area (Å²) in [5.74, 6) is 0.0118. The number of amides is 2. The van der Waals surface area contributed by atoms with Crippen LogP contribution in [-0.2, 0) is 17.7 Å². The molecule has 7 heteroatoms. The molecular weight excluding hydrogens is 362 g/mol. The van der Waals surface area contributed by atoms with Crippen molar-refractivity contribution in [3.63, 3.8) is 0 Å². The van der Waals surface area contributed by atoms with Crippen molar-refractivity contribution in [1.82, 2.24) is 9.88 Å². The molecule has 0 radical (unpaired) electrons. The van der Waals surface area contributed by atoms with Crippen molar-refractivity contribution >= 4 is 29.0 Å². The molecule has 0 aliphatic carbocycles. The number of hydrogen-bond donors (Lipinski definition) is 1. The number of carbonyl (C=O) groups is 2. The molecule has 0 bridgehead atoms. The first-order valence-corrected chi connectivity index (χ1v) is 9.98. The van der Waals surface area contributed by atoms with E-state index in [2.05, 4.69) is 31.1 Å². The molecule has 0 saturated carbocycles. The summed E-state index contributed by atoms with van der Waals surface area (Å²) in [5.41, 5.74) is 2.23. The molecule has 2 amide bonds. The highest BCUT2D eigenvalue weighted by Gasteiger charge is 2.18. The van der Waals surface area contributed by atoms with E-state index in [1.165, 1.54) is 24.0 Å². The molecule has 0 aliphatic heterocycles. The van der Waals surface area contributed by atoms with Crippen molar-refractivity contribution in [1.29, 1.82) is 0 Å². The summed E-state index contributed by atoms with van der Waals surface area (Å²) in [5, 5.41) is 5.34. The second-order valence-electron chi connectivity index (χ2n) is 6.71. The van der Waals surface area contributed by atoms with Gasteiger partial charge < -0.3 is 15.0 Å². The fraction of sp³-hybridized carbons (Fsp3) is 0.450. The average molecular weight is 390 g/mol. The van der Waals surface area contributed by atoms with Crippen LogP contribution in [0.15, 0.2) is 29.6 Å². The Morgan fingerprint density at radius 2 is 2.11 bits per heavy atom. The third kappa shape index (κ3) is 6.36. The number of hydrogen-bond acceptors (Lipinski definition) is 5. The number of esters is 1. The highest BCUT2D eigenvalue weighted by molar-refractivity contribution is 7.09. The van der Waals surface area contributed by atoms with Gasteiger partial charge in [0.2, 0.25) is 0 Å². The van der Waals surface area contributed by atoms with Crippen molar-refractivity contribution in [3.05, 3.63) is 45.9 Å². The molecular formula is C20H27N3O3S. The van der Waals surface area contributed by atoms with E-state index in [-0.39, 0.29) is 11.7 Å². The Labute approximate surface area is 164 Å². The Morgan fingerprint density at radius 3 is 2.78 bits per heavy atom. The number of benzene rings is 1. The first-order chi connectivity index (χ1) is 12.9. The molecule has 0 spiro atoms. The molecule has 146 valence electrons. The van der Waals surface area contributed by atoms with Gasteiger partial charge in [-0.15, -0.1) is 11.3 Å². The fourth-order valence-corrected chi connectivity index (χ4v) is 3.26. The first-order valence-electron chi connectivity index (χ1n) is 9.10. The number of methoxy groups -OCH3 is 1. The SMILES string of the molecule is CCc1cccc(NC(=O)N(CCC(C)C)Cc2nc(C(=O)OC)cs2)c1. The number of ether oxygens (including phenoxy) is 1. The van der Waals surface area contributed by atoms with Crippen LogP contribution in [0.3, 0.4) is 0 Å². The van der Waals surface area contributed by atoms with E-state index >= 15 is 0 Å². The van der Waals surface area contributed by atoms with Gasteiger partial charge in [0.25, 0.3) is 0 Å². The summed E-state index contributed by atoms with van der Waals surface area (Å²) in [6, 6.07) is 7.68. The zero-order valence-electron chi connectivity index (χ0n) is 16.3. The van der Waals surface area contributed by atoms with Crippen LogP contribution in [-0.4, -0.2) is 35.5 Å². The number of rotatable bonds is 8. The van der Waals surface area contributed by atoms with E-state index in [9.17, 15) is 9.59 Å². The lowest BCUT2D eigenvalue weighted by Gasteiger charge is -2.23. The molecule has 2 rings (SSSR count). The highest BCUT2D eigenvalue weighted by Crippen LogP contribution is 2.17. The maximum absolute atomic E-state index is 12.8. The predicted molar refractivity (Wildman–Crippen MR) is 108 cm³/mol. The largest absolute Gasteiger partial charge is 0.464 e. The van der Waals surface area contributed by atoms with Gasteiger partial charge in [-0.25, -0.2) is 14.6 Å². The van der Waals surface area contributed by atoms with Crippen molar-refractivity contribution in [2.75, 3.05) is 19.0 Å². The second-order valence-corrected chi connectivity index (χ2v) is 7.65. The van der Waals surface area contributed by atoms with Crippen LogP contribution in [0, 0.1) is 5.92 Å². The molecule has 1 aromatic heterocycles. The summed E-state index contributed by atoms with van der Waals surface area (Å²) in [6.45, 7) is 7.30. The smallest absolute Gasteiger partial charge is 0.357 e. The van der Waals surface area contributed by atoms with Crippen molar-refractivity contribution in [3.8, 4) is 0 Å². The number of nitrogens with one attached hydrogen (secondary N) is 1. The number of nitrogens with zero attached hydrogens (tertiary/aromatic N) is 2. The molecule has 1 aromatic carbocycles. The van der Waals surface area contributed by atoms with E-state index in [0.29, 0.717) is 24.0 Å². The average Bonchev–Trinajstić information content (AvgIpc) is 3.13. The summed E-state index contributed by atoms with van der Waals surface area (Å²) in [6.07, 6.45) is 1.80. The van der Waals surface area contributed by atoms with E-state index in [1.54, 1.807) is 10.3 Å². The molecule has 0 atom stereocenters. The highest BCUT2D eigenvalue weighted by atomic mass is 32.1. The fourth-order valence-electron chi connectivity index (χ4n) is 2.48. The molecule has 0 aliphatic rings. The Morgan fingerprint density at radius 1 is 1.33 bits per heavy atom. The molecule has 0 unspecified atom stereocenters. The maximum Gasteiger partial charge on any atom is 0.357 e. The summed E-state index contributed by atoms with van der Waals surface area (Å²) in [7, 11) is 1.33. The van der Waals surface area contributed by atoms with Gasteiger partial charge in [-0.1, -0.05) is 32.9 Å². The zero-order valence-corrected chi connectivity index (χ0v) is 17.1. The number of urea groups is 1. The van der Waals surface area contributed by atoms with Crippen molar-refractivity contribution in [2.24, 2.45) is 5.92 Å². The van der Waals surface area contributed by atoms with Crippen molar-refractivity contribution < 1.29 is 14.3 Å². The van der Waals surface area contributed by atoms with Crippen molar-refractivity contribution in [2.45, 2.75) is 40.2 Å². The normalized spacial score (nSPS) is 10.7. The molecule has 2 aromatic rings. The van der Waals surface area contributed by atoms with E-state index < -0.39 is 5.97 Å². The van der Waals surface area contributed by atoms with Gasteiger partial charge in [-0.3, -0.25) is 0 Å². The minimum Gasteiger partial charge on any atom is -0.464 e. The summed E-state index contributed by atoms with van der Waals surface area (Å²) < 4.78 is 4.69. The zero-order chi connectivity index (χ0) is 19.8. The lowest BCUT2D eigenvalue weighted by Crippen LogP contribution is -2.35. The molecule has 0 saturated heterocycles. The maximum atomic E-state index is 12.8. The third-order valence-corrected chi connectivity index (χ3v) is 4.96. The van der Waals surface area contributed by atoms with E-state index in [4.69, 9.17) is 4.74 Å². The van der Waals surface area contributed by atoms with E-state index in [1.807, 2.05) is 24.3 Å². The summed E-state index contributed by atoms with van der Waals surface area (Å²) in [4.78, 5) is 30.4. The van der Waals surface area contributed by atoms with Gasteiger partial charge >= 0.3 is 12.0 Å². The van der Waals surface area contributed by atoms with Gasteiger partial charge in [0, 0.05) is 17.6 Å². The predicted octanol–water partition coefficient (Wildman–Crippen LogP) is 4.57. The Hall–Kier alpha value is -2.41. The Bertz CT molecular complexity index is 773. The number of anilines is 1. The van der Waals surface area contributed by atoms with E-state index in [0.717, 1.165) is 18.5 Å². The second kappa shape index (κ2) is 10.1. The molecule has 1 N–H and O–H groups in total. The molecule has 0 fully saturated rings. The first kappa shape index (κ1) is 20.9. The van der Waals surface area contributed by atoms with Crippen LogP contribution in [0.1, 0.15) is 48.3 Å². The number of aryl methyl sites for hydroxylation is 1. The van der Waals surface area contributed by atoms with Crippen LogP contribution in [0.4, 0.5) is 10.5 Å². The minimum atomic E-state index is -0.466. The lowest BCUT2D eigenvalue weighted by molar-refractivity contribution is 0.0594. The van der Waals surface area contributed by atoms with Gasteiger partial charge in [-0.05, 0) is 36.5 Å². The van der Waals surface area contributed by atoms with Gasteiger partial charge in [0.05, 0.1) is 13.7 Å². The number of thiazole rings is 1. The molecule has 27 heavy (non-hydrogen) atoms. The Balaban J connectivity index is 2.11. The van der Waals surface area contributed by atoms with Crippen LogP contribution >= 0.6 is 11.3 Å². The van der Waals surface area contributed by atoms with Crippen LogP contribution in [0.5, 0.6) is 0 Å². The van der Waals surface area contributed by atoms with Gasteiger partial charge in [-0.2, -0.15) is 0 Å². The molecule has 6 nitrogen and oxygen atoms in total. The molecule has 1 heterocycles. The van der Waals surface area contributed by atoms with Crippen LogP contribution in [0.2, 0.25) is 0 Å². The third-order valence-electron chi connectivity index (χ3n) is 4.12. The van der Waals surface area contributed by atoms with Crippen LogP contribution < -0.4 is 5.32 Å². The number of aromatic nitrogens is 1. The number of carbonyl (C=O) groups excluding carboxylic acids is 2. The van der Waals surface area contributed by atoms with Gasteiger partial charge in [0.15, 0.2) is 5.69 Å². The quantitative estimate of drug-likeness (QED) is 0.671. The topological polar surface area (TPSA) is 71.5 Å². The lowest BCUT2D eigenvalue weighted by atomic mass is 10.1. The standard InChI is InChI=1S/C20H27N3O3S/c1-5-15-7-6-8-16(11-15)21-20(25)23(10-9-14(2)3)12-18-22-17(13-27-18)19(24)26-4/h6-8,11,13-14H,5,9-10,12H2,1-4H3,(H,21,25). The van der Waals surface area contributed by atoms with Crippen LogP contribution in [0.25, 0.3) is 0 Å². The van der Waals surface area contributed by atoms with Gasteiger partial charge in [0.1, 0.15) is 5.01 Å². The summed E-state index contributed by atoms with van der Waals surface area (Å²) >= 11 is 1.35. The minimum absolute atomic E-state index is 0.168. The monoisotopic (exact) mass is 389 g/mol.